The number of hydrogen-bond donors (Lipinski definition) is 3. The zero-order chi connectivity index (χ0) is 12.7. The Morgan fingerprint density at radius 1 is 1.33 bits per heavy atom. The van der Waals surface area contributed by atoms with Crippen molar-refractivity contribution in [3.8, 4) is 11.9 Å². The highest BCUT2D eigenvalue weighted by Crippen LogP contribution is 2.31. The normalized spacial score (nSPS) is 23.8. The SMILES string of the molecule is OC[C@@H]1CC[C@H](n2cnc3c(O)nc(O)nc32)O1. The fourth-order valence-electron chi connectivity index (χ4n) is 2.13. The van der Waals surface area contributed by atoms with Crippen molar-refractivity contribution in [1.82, 2.24) is 19.5 Å². The molecule has 2 aromatic heterocycles. The lowest BCUT2D eigenvalue weighted by molar-refractivity contribution is -0.0207. The molecule has 0 spiro atoms. The summed E-state index contributed by atoms with van der Waals surface area (Å²) in [6, 6.07) is -0.515. The van der Waals surface area contributed by atoms with Gasteiger partial charge in [0.2, 0.25) is 5.88 Å². The highest BCUT2D eigenvalue weighted by atomic mass is 16.5. The minimum atomic E-state index is -0.515. The zero-order valence-corrected chi connectivity index (χ0v) is 9.39. The van der Waals surface area contributed by atoms with Gasteiger partial charge in [-0.2, -0.15) is 9.97 Å². The maximum Gasteiger partial charge on any atom is 0.319 e. The number of fused-ring (bicyclic) bond motifs is 1. The summed E-state index contributed by atoms with van der Waals surface area (Å²) >= 11 is 0. The number of aromatic nitrogens is 4. The Hall–Kier alpha value is -1.93. The summed E-state index contributed by atoms with van der Waals surface area (Å²) in [6.45, 7) is -0.0331. The molecular formula is C10H12N4O4. The van der Waals surface area contributed by atoms with Crippen LogP contribution in [-0.2, 0) is 4.74 Å². The van der Waals surface area contributed by atoms with E-state index >= 15 is 0 Å². The Morgan fingerprint density at radius 2 is 2.17 bits per heavy atom. The summed E-state index contributed by atoms with van der Waals surface area (Å²) in [5.41, 5.74) is 0.521. The van der Waals surface area contributed by atoms with Gasteiger partial charge in [-0.05, 0) is 12.8 Å². The van der Waals surface area contributed by atoms with Crippen molar-refractivity contribution in [3.63, 3.8) is 0 Å². The van der Waals surface area contributed by atoms with Crippen LogP contribution in [0.1, 0.15) is 19.1 Å². The van der Waals surface area contributed by atoms with Crippen LogP contribution >= 0.6 is 0 Å². The summed E-state index contributed by atoms with van der Waals surface area (Å²) < 4.78 is 7.21. The first kappa shape index (κ1) is 11.2. The molecule has 1 aliphatic heterocycles. The maximum absolute atomic E-state index is 9.54. The fraction of sp³-hybridized carbons (Fsp3) is 0.500. The first-order chi connectivity index (χ1) is 8.69. The highest BCUT2D eigenvalue weighted by Gasteiger charge is 2.28. The molecule has 0 aromatic carbocycles. The van der Waals surface area contributed by atoms with Crippen LogP contribution in [-0.4, -0.2) is 47.5 Å². The summed E-state index contributed by atoms with van der Waals surface area (Å²) in [5.74, 6) is -0.368. The average molecular weight is 252 g/mol. The lowest BCUT2D eigenvalue weighted by Gasteiger charge is -2.13. The van der Waals surface area contributed by atoms with Crippen molar-refractivity contribution in [2.45, 2.75) is 25.2 Å². The van der Waals surface area contributed by atoms with Crippen LogP contribution in [0.25, 0.3) is 11.2 Å². The largest absolute Gasteiger partial charge is 0.492 e. The molecule has 96 valence electrons. The van der Waals surface area contributed by atoms with Gasteiger partial charge in [-0.3, -0.25) is 4.57 Å². The second kappa shape index (κ2) is 4.07. The number of aliphatic hydroxyl groups excluding tert-OH is 1. The van der Waals surface area contributed by atoms with E-state index < -0.39 is 6.01 Å². The summed E-state index contributed by atoms with van der Waals surface area (Å²) in [7, 11) is 0. The summed E-state index contributed by atoms with van der Waals surface area (Å²) in [4.78, 5) is 11.2. The van der Waals surface area contributed by atoms with Gasteiger partial charge in [0, 0.05) is 0 Å². The standard InChI is InChI=1S/C10H12N4O4/c15-3-5-1-2-6(18-5)14-4-11-7-8(14)12-10(17)13-9(7)16/h4-6,15H,1-3H2,(H2,12,13,16,17)/t5-,6+/m0/s1. The molecule has 8 heteroatoms. The van der Waals surface area contributed by atoms with Gasteiger partial charge in [0.05, 0.1) is 19.0 Å². The van der Waals surface area contributed by atoms with Gasteiger partial charge in [0.1, 0.15) is 6.23 Å². The number of nitrogens with zero attached hydrogens (tertiary/aromatic N) is 4. The molecule has 3 N–H and O–H groups in total. The highest BCUT2D eigenvalue weighted by molar-refractivity contribution is 5.76. The van der Waals surface area contributed by atoms with Crippen LogP contribution in [0.2, 0.25) is 0 Å². The van der Waals surface area contributed by atoms with E-state index in [1.165, 1.54) is 6.33 Å². The van der Waals surface area contributed by atoms with E-state index in [0.29, 0.717) is 12.1 Å². The molecule has 0 bridgehead atoms. The third-order valence-corrected chi connectivity index (χ3v) is 2.99. The Morgan fingerprint density at radius 3 is 2.89 bits per heavy atom. The first-order valence-electron chi connectivity index (χ1n) is 5.58. The maximum atomic E-state index is 9.54. The molecular weight excluding hydrogens is 240 g/mol. The second-order valence-corrected chi connectivity index (χ2v) is 4.14. The molecule has 8 nitrogen and oxygen atoms in total. The third kappa shape index (κ3) is 1.66. The molecule has 18 heavy (non-hydrogen) atoms. The van der Waals surface area contributed by atoms with Gasteiger partial charge in [-0.15, -0.1) is 0 Å². The molecule has 0 aliphatic carbocycles. The van der Waals surface area contributed by atoms with Crippen LogP contribution in [0.15, 0.2) is 6.33 Å². The van der Waals surface area contributed by atoms with E-state index in [-0.39, 0.29) is 30.3 Å². The molecule has 3 heterocycles. The number of imidazole rings is 1. The van der Waals surface area contributed by atoms with Crippen LogP contribution in [0.4, 0.5) is 0 Å². The Kier molecular flexibility index (Phi) is 2.53. The van der Waals surface area contributed by atoms with Gasteiger partial charge in [0.25, 0.3) is 0 Å². The molecule has 0 amide bonds. The van der Waals surface area contributed by atoms with Crippen LogP contribution in [0.5, 0.6) is 11.9 Å². The summed E-state index contributed by atoms with van der Waals surface area (Å²) in [5, 5.41) is 27.9. The number of aromatic hydroxyl groups is 2. The fourth-order valence-corrected chi connectivity index (χ4v) is 2.13. The Balaban J connectivity index is 2.03. The van der Waals surface area contributed by atoms with Gasteiger partial charge in [-0.1, -0.05) is 0 Å². The second-order valence-electron chi connectivity index (χ2n) is 4.14. The van der Waals surface area contributed by atoms with Crippen LogP contribution < -0.4 is 0 Å². The first-order valence-corrected chi connectivity index (χ1v) is 5.58. The minimum Gasteiger partial charge on any atom is -0.492 e. The molecule has 0 unspecified atom stereocenters. The molecule has 1 fully saturated rings. The average Bonchev–Trinajstić information content (AvgIpc) is 2.93. The minimum absolute atomic E-state index is 0.0331. The van der Waals surface area contributed by atoms with E-state index in [0.717, 1.165) is 6.42 Å². The van der Waals surface area contributed by atoms with Gasteiger partial charge in [-0.25, -0.2) is 4.98 Å². The number of hydrogen-bond acceptors (Lipinski definition) is 7. The summed E-state index contributed by atoms with van der Waals surface area (Å²) in [6.07, 6.45) is 2.42. The van der Waals surface area contributed by atoms with Gasteiger partial charge < -0.3 is 20.1 Å². The number of rotatable bonds is 2. The quantitative estimate of drug-likeness (QED) is 0.684. The van der Waals surface area contributed by atoms with E-state index in [4.69, 9.17) is 9.84 Å². The van der Waals surface area contributed by atoms with Gasteiger partial charge in [0.15, 0.2) is 11.2 Å². The van der Waals surface area contributed by atoms with Crippen LogP contribution in [0.3, 0.4) is 0 Å². The number of aliphatic hydroxyl groups is 1. The topological polar surface area (TPSA) is 114 Å². The lowest BCUT2D eigenvalue weighted by Crippen LogP contribution is -2.14. The Labute approximate surface area is 102 Å². The van der Waals surface area contributed by atoms with E-state index in [1.807, 2.05) is 0 Å². The Bertz CT molecular complexity index is 585. The van der Waals surface area contributed by atoms with Crippen molar-refractivity contribution in [1.29, 1.82) is 0 Å². The molecule has 1 aliphatic rings. The smallest absolute Gasteiger partial charge is 0.319 e. The van der Waals surface area contributed by atoms with Crippen LogP contribution in [0, 0.1) is 0 Å². The molecule has 1 saturated heterocycles. The zero-order valence-electron chi connectivity index (χ0n) is 9.39. The predicted molar refractivity (Wildman–Crippen MR) is 58.9 cm³/mol. The molecule has 2 aromatic rings. The van der Waals surface area contributed by atoms with E-state index in [1.54, 1.807) is 4.57 Å². The number of ether oxygens (including phenoxy) is 1. The monoisotopic (exact) mass is 252 g/mol. The molecule has 0 saturated carbocycles. The molecule has 2 atom stereocenters. The van der Waals surface area contributed by atoms with E-state index in [2.05, 4.69) is 15.0 Å². The predicted octanol–water partition coefficient (Wildman–Crippen LogP) is -0.0926. The van der Waals surface area contributed by atoms with Crippen molar-refractivity contribution < 1.29 is 20.1 Å². The van der Waals surface area contributed by atoms with Crippen molar-refractivity contribution >= 4 is 11.2 Å². The van der Waals surface area contributed by atoms with Crippen molar-refractivity contribution in [3.05, 3.63) is 6.33 Å². The van der Waals surface area contributed by atoms with Crippen molar-refractivity contribution in [2.24, 2.45) is 0 Å². The third-order valence-electron chi connectivity index (χ3n) is 2.99. The van der Waals surface area contributed by atoms with E-state index in [9.17, 15) is 10.2 Å². The molecule has 0 radical (unpaired) electrons. The molecule has 3 rings (SSSR count). The van der Waals surface area contributed by atoms with Gasteiger partial charge >= 0.3 is 6.01 Å². The lowest BCUT2D eigenvalue weighted by atomic mass is 10.2. The van der Waals surface area contributed by atoms with Crippen molar-refractivity contribution in [2.75, 3.05) is 6.61 Å².